The van der Waals surface area contributed by atoms with Gasteiger partial charge in [0.25, 0.3) is 0 Å². The van der Waals surface area contributed by atoms with Crippen LogP contribution in [-0.4, -0.2) is 13.2 Å². The molecule has 0 aliphatic carbocycles. The second-order valence-corrected chi connectivity index (χ2v) is 4.52. The number of hydrogen-bond donors (Lipinski definition) is 0. The first-order valence-electron chi connectivity index (χ1n) is 7.10. The molecule has 0 aromatic rings. The van der Waals surface area contributed by atoms with Crippen molar-refractivity contribution >= 4 is 0 Å². The van der Waals surface area contributed by atoms with Crippen molar-refractivity contribution in [1.29, 1.82) is 0 Å². The molecule has 0 rings (SSSR count). The monoisotopic (exact) mass is 226 g/mol. The van der Waals surface area contributed by atoms with Gasteiger partial charge < -0.3 is 4.74 Å². The van der Waals surface area contributed by atoms with E-state index in [4.69, 9.17) is 4.74 Å². The van der Waals surface area contributed by atoms with Gasteiger partial charge in [0.2, 0.25) is 0 Å². The van der Waals surface area contributed by atoms with Gasteiger partial charge in [-0.15, -0.1) is 6.58 Å². The maximum Gasteiger partial charge on any atom is 0.0466 e. The molecule has 0 saturated carbocycles. The van der Waals surface area contributed by atoms with Crippen LogP contribution < -0.4 is 0 Å². The molecule has 0 spiro atoms. The van der Waals surface area contributed by atoms with Crippen LogP contribution in [0.15, 0.2) is 12.7 Å². The van der Waals surface area contributed by atoms with E-state index in [1.54, 1.807) is 0 Å². The van der Waals surface area contributed by atoms with E-state index in [-0.39, 0.29) is 0 Å². The quantitative estimate of drug-likeness (QED) is 0.313. The Bertz CT molecular complexity index is 131. The van der Waals surface area contributed by atoms with Gasteiger partial charge in [0.15, 0.2) is 0 Å². The summed E-state index contributed by atoms with van der Waals surface area (Å²) < 4.78 is 5.57. The summed E-state index contributed by atoms with van der Waals surface area (Å²) in [5.41, 5.74) is 0. The van der Waals surface area contributed by atoms with E-state index in [1.807, 2.05) is 6.08 Å². The molecule has 0 fully saturated rings. The second-order valence-electron chi connectivity index (χ2n) is 4.52. The van der Waals surface area contributed by atoms with E-state index in [2.05, 4.69) is 13.5 Å². The molecular weight excluding hydrogens is 196 g/mol. The van der Waals surface area contributed by atoms with Crippen molar-refractivity contribution in [3.8, 4) is 0 Å². The second kappa shape index (κ2) is 14.7. The zero-order chi connectivity index (χ0) is 11.9. The molecule has 0 aromatic carbocycles. The van der Waals surface area contributed by atoms with Gasteiger partial charge in [-0.05, 0) is 25.7 Å². The van der Waals surface area contributed by atoms with Crippen molar-refractivity contribution in [3.05, 3.63) is 12.7 Å². The molecule has 16 heavy (non-hydrogen) atoms. The van der Waals surface area contributed by atoms with Crippen LogP contribution in [0.1, 0.15) is 71.1 Å². The Hall–Kier alpha value is -0.300. The third-order valence-electron chi connectivity index (χ3n) is 2.84. The standard InChI is InChI=1S/C15H30O/c1-3-5-7-8-9-10-11-13-15-16-14-12-6-4-2/h3H,1,4-15H2,2H3. The topological polar surface area (TPSA) is 9.23 Å². The van der Waals surface area contributed by atoms with Gasteiger partial charge in [0.05, 0.1) is 0 Å². The number of rotatable bonds is 13. The largest absolute Gasteiger partial charge is 0.381 e. The molecule has 0 aliphatic rings. The number of allylic oxidation sites excluding steroid dienone is 1. The van der Waals surface area contributed by atoms with Gasteiger partial charge in [-0.3, -0.25) is 0 Å². The third kappa shape index (κ3) is 13.7. The summed E-state index contributed by atoms with van der Waals surface area (Å²) in [5.74, 6) is 0. The fourth-order valence-electron chi connectivity index (χ4n) is 1.76. The van der Waals surface area contributed by atoms with E-state index in [0.717, 1.165) is 13.2 Å². The maximum absolute atomic E-state index is 5.57. The number of unbranched alkanes of at least 4 members (excludes halogenated alkanes) is 8. The van der Waals surface area contributed by atoms with E-state index in [9.17, 15) is 0 Å². The maximum atomic E-state index is 5.57. The molecular formula is C15H30O. The fourth-order valence-corrected chi connectivity index (χ4v) is 1.76. The van der Waals surface area contributed by atoms with Gasteiger partial charge in [0.1, 0.15) is 0 Å². The molecule has 0 N–H and O–H groups in total. The van der Waals surface area contributed by atoms with Crippen LogP contribution in [0.2, 0.25) is 0 Å². The molecule has 0 aliphatic heterocycles. The van der Waals surface area contributed by atoms with Crippen LogP contribution in [0, 0.1) is 0 Å². The Balaban J connectivity index is 2.85. The van der Waals surface area contributed by atoms with Crippen LogP contribution in [0.3, 0.4) is 0 Å². The molecule has 96 valence electrons. The zero-order valence-corrected chi connectivity index (χ0v) is 11.2. The van der Waals surface area contributed by atoms with E-state index >= 15 is 0 Å². The summed E-state index contributed by atoms with van der Waals surface area (Å²) in [7, 11) is 0. The summed E-state index contributed by atoms with van der Waals surface area (Å²) in [6.45, 7) is 7.90. The van der Waals surface area contributed by atoms with E-state index in [0.29, 0.717) is 0 Å². The highest BCUT2D eigenvalue weighted by Crippen LogP contribution is 2.07. The van der Waals surface area contributed by atoms with Crippen molar-refractivity contribution in [2.45, 2.75) is 71.1 Å². The first kappa shape index (κ1) is 15.7. The molecule has 1 nitrogen and oxygen atoms in total. The minimum absolute atomic E-state index is 0.965. The highest BCUT2D eigenvalue weighted by atomic mass is 16.5. The Morgan fingerprint density at radius 2 is 1.38 bits per heavy atom. The minimum Gasteiger partial charge on any atom is -0.381 e. The Morgan fingerprint density at radius 1 is 0.812 bits per heavy atom. The molecule has 0 saturated heterocycles. The molecule has 0 aromatic heterocycles. The first-order valence-corrected chi connectivity index (χ1v) is 7.10. The zero-order valence-electron chi connectivity index (χ0n) is 11.2. The van der Waals surface area contributed by atoms with Crippen LogP contribution >= 0.6 is 0 Å². The molecule has 1 heteroatoms. The van der Waals surface area contributed by atoms with Gasteiger partial charge in [-0.1, -0.05) is 51.5 Å². The van der Waals surface area contributed by atoms with Gasteiger partial charge in [-0.2, -0.15) is 0 Å². The van der Waals surface area contributed by atoms with Gasteiger partial charge in [0, 0.05) is 13.2 Å². The lowest BCUT2D eigenvalue weighted by atomic mass is 10.1. The van der Waals surface area contributed by atoms with E-state index in [1.165, 1.54) is 64.2 Å². The van der Waals surface area contributed by atoms with Crippen LogP contribution in [0.25, 0.3) is 0 Å². The molecule has 0 atom stereocenters. The lowest BCUT2D eigenvalue weighted by Crippen LogP contribution is -1.96. The summed E-state index contributed by atoms with van der Waals surface area (Å²) in [6, 6.07) is 0. The highest BCUT2D eigenvalue weighted by Gasteiger charge is 1.92. The van der Waals surface area contributed by atoms with Gasteiger partial charge >= 0.3 is 0 Å². The summed E-state index contributed by atoms with van der Waals surface area (Å²) >= 11 is 0. The van der Waals surface area contributed by atoms with Crippen molar-refractivity contribution in [1.82, 2.24) is 0 Å². The Labute approximate surface area is 102 Å². The minimum atomic E-state index is 0.965. The summed E-state index contributed by atoms with van der Waals surface area (Å²) in [5, 5.41) is 0. The predicted molar refractivity (Wildman–Crippen MR) is 72.9 cm³/mol. The predicted octanol–water partition coefficient (Wildman–Crippen LogP) is 5.11. The van der Waals surface area contributed by atoms with Crippen LogP contribution in [0.4, 0.5) is 0 Å². The average molecular weight is 226 g/mol. The number of ether oxygens (including phenoxy) is 1. The molecule has 0 amide bonds. The Kier molecular flexibility index (Phi) is 14.4. The van der Waals surface area contributed by atoms with E-state index < -0.39 is 0 Å². The summed E-state index contributed by atoms with van der Waals surface area (Å²) in [4.78, 5) is 0. The van der Waals surface area contributed by atoms with Crippen molar-refractivity contribution in [2.24, 2.45) is 0 Å². The number of hydrogen-bond acceptors (Lipinski definition) is 1. The average Bonchev–Trinajstić information content (AvgIpc) is 2.31. The molecule has 0 radical (unpaired) electrons. The van der Waals surface area contributed by atoms with Crippen molar-refractivity contribution < 1.29 is 4.74 Å². The van der Waals surface area contributed by atoms with Crippen molar-refractivity contribution in [3.63, 3.8) is 0 Å². The lowest BCUT2D eigenvalue weighted by molar-refractivity contribution is 0.126. The third-order valence-corrected chi connectivity index (χ3v) is 2.84. The van der Waals surface area contributed by atoms with Crippen LogP contribution in [0.5, 0.6) is 0 Å². The fraction of sp³-hybridized carbons (Fsp3) is 0.867. The molecule has 0 unspecified atom stereocenters. The van der Waals surface area contributed by atoms with Gasteiger partial charge in [-0.25, -0.2) is 0 Å². The molecule has 0 heterocycles. The van der Waals surface area contributed by atoms with Crippen LogP contribution in [-0.2, 0) is 4.74 Å². The Morgan fingerprint density at radius 3 is 2.00 bits per heavy atom. The SMILES string of the molecule is C=CCCCCCCCCOCCCCC. The smallest absolute Gasteiger partial charge is 0.0466 e. The summed E-state index contributed by atoms with van der Waals surface area (Å²) in [6.07, 6.45) is 15.0. The lowest BCUT2D eigenvalue weighted by Gasteiger charge is -2.03. The molecule has 0 bridgehead atoms. The normalized spacial score (nSPS) is 10.6. The highest BCUT2D eigenvalue weighted by molar-refractivity contribution is 4.65. The van der Waals surface area contributed by atoms with Crippen molar-refractivity contribution in [2.75, 3.05) is 13.2 Å². The first-order chi connectivity index (χ1) is 7.91.